The predicted molar refractivity (Wildman–Crippen MR) is 50.8 cm³/mol. The summed E-state index contributed by atoms with van der Waals surface area (Å²) in [4.78, 5) is 11.3. The maximum absolute atomic E-state index is 11.3. The van der Waals surface area contributed by atoms with E-state index in [0.717, 1.165) is 0 Å². The van der Waals surface area contributed by atoms with E-state index < -0.39 is 5.38 Å². The Labute approximate surface area is 81.7 Å². The summed E-state index contributed by atoms with van der Waals surface area (Å²) in [6, 6.07) is 8.41. The Hall–Kier alpha value is -1.33. The molecule has 0 radical (unpaired) electrons. The third-order valence-corrected chi connectivity index (χ3v) is 1.86. The lowest BCUT2D eigenvalue weighted by Gasteiger charge is -2.01. The Morgan fingerprint density at radius 1 is 1.46 bits per heavy atom. The van der Waals surface area contributed by atoms with Crippen LogP contribution in [0.25, 0.3) is 0 Å². The van der Waals surface area contributed by atoms with E-state index in [9.17, 15) is 4.79 Å². The van der Waals surface area contributed by atoms with Gasteiger partial charge in [-0.1, -0.05) is 12.1 Å². The van der Waals surface area contributed by atoms with Crippen molar-refractivity contribution >= 4 is 17.4 Å². The van der Waals surface area contributed by atoms with E-state index in [-0.39, 0.29) is 5.78 Å². The molecule has 0 bridgehead atoms. The molecule has 0 saturated carbocycles. The van der Waals surface area contributed by atoms with E-state index in [0.29, 0.717) is 11.1 Å². The molecule has 2 nitrogen and oxygen atoms in total. The van der Waals surface area contributed by atoms with Gasteiger partial charge in [-0.3, -0.25) is 4.79 Å². The highest BCUT2D eigenvalue weighted by molar-refractivity contribution is 6.33. The molecule has 0 fully saturated rings. The van der Waals surface area contributed by atoms with Crippen molar-refractivity contribution in [1.82, 2.24) is 0 Å². The zero-order valence-electron chi connectivity index (χ0n) is 7.12. The Morgan fingerprint density at radius 2 is 2.00 bits per heavy atom. The molecule has 1 rings (SSSR count). The molecule has 0 N–H and O–H groups in total. The Kier molecular flexibility index (Phi) is 3.05. The van der Waals surface area contributed by atoms with Gasteiger partial charge in [0.15, 0.2) is 5.78 Å². The quantitative estimate of drug-likeness (QED) is 0.535. The highest BCUT2D eigenvalue weighted by Gasteiger charge is 2.11. The smallest absolute Gasteiger partial charge is 0.180 e. The lowest BCUT2D eigenvalue weighted by atomic mass is 10.1. The van der Waals surface area contributed by atoms with E-state index in [1.54, 1.807) is 31.2 Å². The first-order valence-electron chi connectivity index (χ1n) is 3.83. The number of alkyl halides is 1. The van der Waals surface area contributed by atoms with Gasteiger partial charge in [-0.05, 0) is 19.1 Å². The second-order valence-electron chi connectivity index (χ2n) is 2.67. The van der Waals surface area contributed by atoms with Crippen LogP contribution in [-0.4, -0.2) is 11.2 Å². The number of hydrogen-bond acceptors (Lipinski definition) is 2. The zero-order valence-corrected chi connectivity index (χ0v) is 7.88. The van der Waals surface area contributed by atoms with Crippen molar-refractivity contribution in [3.63, 3.8) is 0 Å². The van der Waals surface area contributed by atoms with Gasteiger partial charge < -0.3 is 0 Å². The molecule has 13 heavy (non-hydrogen) atoms. The lowest BCUT2D eigenvalue weighted by Crippen LogP contribution is -2.09. The first-order chi connectivity index (χ1) is 6.15. The molecule has 0 aromatic heterocycles. The Bertz CT molecular complexity index is 348. The van der Waals surface area contributed by atoms with E-state index >= 15 is 0 Å². The minimum Gasteiger partial charge on any atom is -0.293 e. The fourth-order valence-electron chi connectivity index (χ4n) is 0.939. The van der Waals surface area contributed by atoms with Crippen molar-refractivity contribution in [3.8, 4) is 6.07 Å². The molecule has 0 saturated heterocycles. The van der Waals surface area contributed by atoms with Crippen LogP contribution in [0.15, 0.2) is 24.3 Å². The highest BCUT2D eigenvalue weighted by Crippen LogP contribution is 2.09. The van der Waals surface area contributed by atoms with Crippen LogP contribution in [0.3, 0.4) is 0 Å². The monoisotopic (exact) mass is 193 g/mol. The minimum absolute atomic E-state index is 0.119. The number of nitrogens with zero attached hydrogens (tertiary/aromatic N) is 1. The van der Waals surface area contributed by atoms with Gasteiger partial charge in [0.25, 0.3) is 0 Å². The van der Waals surface area contributed by atoms with E-state index in [4.69, 9.17) is 16.9 Å². The van der Waals surface area contributed by atoms with Crippen molar-refractivity contribution in [2.45, 2.75) is 12.3 Å². The average Bonchev–Trinajstić information content (AvgIpc) is 2.17. The van der Waals surface area contributed by atoms with Crippen molar-refractivity contribution in [1.29, 1.82) is 5.26 Å². The molecule has 1 aromatic rings. The first kappa shape index (κ1) is 9.76. The molecule has 0 aliphatic rings. The van der Waals surface area contributed by atoms with E-state index in [1.165, 1.54) is 0 Å². The van der Waals surface area contributed by atoms with E-state index in [2.05, 4.69) is 0 Å². The van der Waals surface area contributed by atoms with Crippen LogP contribution in [0.4, 0.5) is 0 Å². The van der Waals surface area contributed by atoms with Crippen LogP contribution in [0.1, 0.15) is 22.8 Å². The number of carbonyl (C=O) groups excluding carboxylic acids is 1. The second-order valence-corrected chi connectivity index (χ2v) is 3.32. The fourth-order valence-corrected chi connectivity index (χ4v) is 1.06. The molecule has 1 aromatic carbocycles. The maximum Gasteiger partial charge on any atom is 0.180 e. The molecule has 0 aliphatic carbocycles. The summed E-state index contributed by atoms with van der Waals surface area (Å²) in [5.74, 6) is -0.119. The average molecular weight is 194 g/mol. The van der Waals surface area contributed by atoms with Crippen LogP contribution < -0.4 is 0 Å². The summed E-state index contributed by atoms with van der Waals surface area (Å²) in [6.07, 6.45) is 0. The fraction of sp³-hybridized carbons (Fsp3) is 0.200. The Balaban J connectivity index is 2.94. The SMILES string of the molecule is CC(Cl)C(=O)c1ccc(C#N)cc1. The van der Waals surface area contributed by atoms with Gasteiger partial charge >= 0.3 is 0 Å². The standard InChI is InChI=1S/C10H8ClNO/c1-7(11)10(13)9-4-2-8(6-12)3-5-9/h2-5,7H,1H3. The Morgan fingerprint density at radius 3 is 2.38 bits per heavy atom. The van der Waals surface area contributed by atoms with Crippen LogP contribution in [-0.2, 0) is 0 Å². The topological polar surface area (TPSA) is 40.9 Å². The van der Waals surface area contributed by atoms with Gasteiger partial charge in [0.05, 0.1) is 17.0 Å². The third-order valence-electron chi connectivity index (χ3n) is 1.66. The number of Topliss-reactive ketones (excluding diaryl/α,β-unsaturated/α-hetero) is 1. The summed E-state index contributed by atoms with van der Waals surface area (Å²) in [6.45, 7) is 1.63. The molecule has 1 unspecified atom stereocenters. The van der Waals surface area contributed by atoms with Crippen molar-refractivity contribution in [2.24, 2.45) is 0 Å². The summed E-state index contributed by atoms with van der Waals surface area (Å²) in [5.41, 5.74) is 1.08. The van der Waals surface area contributed by atoms with Crippen molar-refractivity contribution < 1.29 is 4.79 Å². The van der Waals surface area contributed by atoms with Crippen LogP contribution in [0.2, 0.25) is 0 Å². The molecule has 3 heteroatoms. The molecular weight excluding hydrogens is 186 g/mol. The number of halogens is 1. The van der Waals surface area contributed by atoms with Gasteiger partial charge in [0.2, 0.25) is 0 Å². The molecular formula is C10H8ClNO. The van der Waals surface area contributed by atoms with Crippen LogP contribution in [0, 0.1) is 11.3 Å². The summed E-state index contributed by atoms with van der Waals surface area (Å²) < 4.78 is 0. The minimum atomic E-state index is -0.520. The summed E-state index contributed by atoms with van der Waals surface area (Å²) >= 11 is 5.62. The summed E-state index contributed by atoms with van der Waals surface area (Å²) in [7, 11) is 0. The predicted octanol–water partition coefficient (Wildman–Crippen LogP) is 2.37. The van der Waals surface area contributed by atoms with E-state index in [1.807, 2.05) is 6.07 Å². The molecule has 0 heterocycles. The number of carbonyl (C=O) groups is 1. The van der Waals surface area contributed by atoms with Gasteiger partial charge in [0, 0.05) is 5.56 Å². The lowest BCUT2D eigenvalue weighted by molar-refractivity contribution is 0.0992. The molecule has 1 atom stereocenters. The largest absolute Gasteiger partial charge is 0.293 e. The number of hydrogen-bond donors (Lipinski definition) is 0. The van der Waals surface area contributed by atoms with Crippen molar-refractivity contribution in [3.05, 3.63) is 35.4 Å². The van der Waals surface area contributed by atoms with Crippen LogP contribution in [0.5, 0.6) is 0 Å². The summed E-state index contributed by atoms with van der Waals surface area (Å²) in [5, 5.41) is 7.99. The zero-order chi connectivity index (χ0) is 9.84. The highest BCUT2D eigenvalue weighted by atomic mass is 35.5. The number of ketones is 1. The molecule has 66 valence electrons. The van der Waals surface area contributed by atoms with Crippen LogP contribution >= 0.6 is 11.6 Å². The number of benzene rings is 1. The van der Waals surface area contributed by atoms with Crippen molar-refractivity contribution in [2.75, 3.05) is 0 Å². The molecule has 0 aliphatic heterocycles. The first-order valence-corrected chi connectivity index (χ1v) is 4.27. The molecule has 0 amide bonds. The normalized spacial score (nSPS) is 11.8. The van der Waals surface area contributed by atoms with Gasteiger partial charge in [-0.25, -0.2) is 0 Å². The number of rotatable bonds is 2. The molecule has 0 spiro atoms. The van der Waals surface area contributed by atoms with Gasteiger partial charge in [0.1, 0.15) is 0 Å². The second kappa shape index (κ2) is 4.06. The van der Waals surface area contributed by atoms with Gasteiger partial charge in [-0.15, -0.1) is 11.6 Å². The van der Waals surface area contributed by atoms with Gasteiger partial charge in [-0.2, -0.15) is 5.26 Å². The maximum atomic E-state index is 11.3. The third kappa shape index (κ3) is 2.30. The number of nitriles is 1.